The third-order valence-electron chi connectivity index (χ3n) is 4.18. The Hall–Kier alpha value is -3.13. The molecule has 156 valence electrons. The molecule has 2 aromatic carbocycles. The largest absolute Gasteiger partial charge is 0.481 e. The predicted molar refractivity (Wildman–Crippen MR) is 115 cm³/mol. The van der Waals surface area contributed by atoms with Crippen molar-refractivity contribution in [3.8, 4) is 11.5 Å². The smallest absolute Gasteiger partial charge is 0.349 e. The van der Waals surface area contributed by atoms with E-state index < -0.39 is 17.5 Å². The molecule has 7 nitrogen and oxygen atoms in total. The van der Waals surface area contributed by atoms with Crippen molar-refractivity contribution in [3.63, 3.8) is 0 Å². The zero-order valence-corrected chi connectivity index (χ0v) is 17.9. The molecule has 1 N–H and O–H groups in total. The monoisotopic (exact) mass is 473 g/mol. The van der Waals surface area contributed by atoms with E-state index in [2.05, 4.69) is 21.2 Å². The summed E-state index contributed by atoms with van der Waals surface area (Å²) in [4.78, 5) is 36.4. The molecule has 1 aromatic heterocycles. The van der Waals surface area contributed by atoms with Crippen LogP contribution in [-0.2, 0) is 4.79 Å². The maximum Gasteiger partial charge on any atom is 0.349 e. The zero-order chi connectivity index (χ0) is 21.5. The third kappa shape index (κ3) is 5.48. The van der Waals surface area contributed by atoms with Crippen molar-refractivity contribution in [1.29, 1.82) is 0 Å². The van der Waals surface area contributed by atoms with Gasteiger partial charge >= 0.3 is 11.6 Å². The molecule has 0 aliphatic heterocycles. The molecular formula is C22H20BrNO6. The number of hydrogen-bond acceptors (Lipinski definition) is 6. The fraction of sp³-hybridized carbons (Fsp3) is 0.227. The van der Waals surface area contributed by atoms with Crippen LogP contribution in [0.1, 0.15) is 30.1 Å². The number of halogens is 1. The van der Waals surface area contributed by atoms with Crippen LogP contribution in [0.5, 0.6) is 11.5 Å². The fourth-order valence-electron chi connectivity index (χ4n) is 2.65. The number of carbonyl (C=O) groups is 2. The van der Waals surface area contributed by atoms with Crippen molar-refractivity contribution in [1.82, 2.24) is 5.32 Å². The van der Waals surface area contributed by atoms with E-state index in [1.807, 2.05) is 13.0 Å². The van der Waals surface area contributed by atoms with Gasteiger partial charge in [0.15, 0.2) is 6.61 Å². The molecular weight excluding hydrogens is 454 g/mol. The second kappa shape index (κ2) is 10.1. The van der Waals surface area contributed by atoms with E-state index in [1.165, 1.54) is 12.1 Å². The van der Waals surface area contributed by atoms with Crippen LogP contribution in [-0.4, -0.2) is 25.0 Å². The molecule has 3 aromatic rings. The number of amides is 1. The Bertz CT molecular complexity index is 1120. The molecule has 0 aliphatic rings. The number of unbranched alkanes of at least 4 members (excludes halogenated alkanes) is 1. The molecule has 0 aliphatic carbocycles. The Kier molecular flexibility index (Phi) is 7.24. The highest BCUT2D eigenvalue weighted by Crippen LogP contribution is 2.24. The summed E-state index contributed by atoms with van der Waals surface area (Å²) in [6, 6.07) is 13.2. The van der Waals surface area contributed by atoms with Crippen molar-refractivity contribution in [2.45, 2.75) is 19.8 Å². The van der Waals surface area contributed by atoms with Gasteiger partial charge in [0.25, 0.3) is 5.91 Å². The van der Waals surface area contributed by atoms with Crippen LogP contribution in [0.3, 0.4) is 0 Å². The maximum absolute atomic E-state index is 12.2. The van der Waals surface area contributed by atoms with Crippen LogP contribution < -0.4 is 20.4 Å². The first kappa shape index (κ1) is 21.6. The molecule has 0 fully saturated rings. The van der Waals surface area contributed by atoms with Gasteiger partial charge in [-0.3, -0.25) is 4.79 Å². The first-order valence-corrected chi connectivity index (χ1v) is 10.2. The minimum atomic E-state index is -0.753. The number of nitrogens with one attached hydrogen (secondary N) is 1. The number of carbonyl (C=O) groups excluding carboxylic acids is 2. The van der Waals surface area contributed by atoms with E-state index in [4.69, 9.17) is 13.9 Å². The molecule has 1 amide bonds. The summed E-state index contributed by atoms with van der Waals surface area (Å²) >= 11 is 3.33. The summed E-state index contributed by atoms with van der Waals surface area (Å²) in [6.07, 6.45) is 1.76. The van der Waals surface area contributed by atoms with Crippen LogP contribution in [0.25, 0.3) is 11.0 Å². The minimum Gasteiger partial charge on any atom is -0.481 e. The zero-order valence-electron chi connectivity index (χ0n) is 16.3. The molecule has 0 atom stereocenters. The lowest BCUT2D eigenvalue weighted by atomic mass is 10.1. The number of esters is 1. The minimum absolute atomic E-state index is 0.0646. The van der Waals surface area contributed by atoms with Crippen molar-refractivity contribution < 1.29 is 23.5 Å². The summed E-state index contributed by atoms with van der Waals surface area (Å²) in [5.41, 5.74) is -0.607. The van der Waals surface area contributed by atoms with Gasteiger partial charge in [-0.05, 0) is 52.7 Å². The molecule has 8 heteroatoms. The van der Waals surface area contributed by atoms with Crippen LogP contribution in [0, 0.1) is 0 Å². The Balaban J connectivity index is 1.68. The summed E-state index contributed by atoms with van der Waals surface area (Å²) in [6.45, 7) is 2.21. The SMILES string of the molecule is CCCCNC(=O)c1cc2ccc(OC(=O)COc3ccccc3Br)cc2oc1=O. The van der Waals surface area contributed by atoms with Crippen molar-refractivity contribution in [2.24, 2.45) is 0 Å². The number of para-hydroxylation sites is 1. The van der Waals surface area contributed by atoms with E-state index in [1.54, 1.807) is 30.3 Å². The number of ether oxygens (including phenoxy) is 2. The van der Waals surface area contributed by atoms with Gasteiger partial charge in [0.2, 0.25) is 0 Å². The lowest BCUT2D eigenvalue weighted by Gasteiger charge is -2.09. The normalized spacial score (nSPS) is 10.6. The van der Waals surface area contributed by atoms with Gasteiger partial charge in [0, 0.05) is 18.0 Å². The fourth-order valence-corrected chi connectivity index (χ4v) is 3.05. The lowest BCUT2D eigenvalue weighted by Crippen LogP contribution is -2.28. The van der Waals surface area contributed by atoms with Gasteiger partial charge in [0.05, 0.1) is 4.47 Å². The average Bonchev–Trinajstić information content (AvgIpc) is 2.72. The van der Waals surface area contributed by atoms with Crippen molar-refractivity contribution >= 4 is 38.8 Å². The Morgan fingerprint density at radius 2 is 1.93 bits per heavy atom. The van der Waals surface area contributed by atoms with Gasteiger partial charge in [-0.15, -0.1) is 0 Å². The molecule has 3 rings (SSSR count). The number of benzene rings is 2. The van der Waals surface area contributed by atoms with E-state index >= 15 is 0 Å². The van der Waals surface area contributed by atoms with E-state index in [9.17, 15) is 14.4 Å². The molecule has 1 heterocycles. The highest BCUT2D eigenvalue weighted by atomic mass is 79.9. The van der Waals surface area contributed by atoms with E-state index in [0.717, 1.165) is 17.3 Å². The molecule has 30 heavy (non-hydrogen) atoms. The molecule has 0 saturated heterocycles. The number of rotatable bonds is 8. The third-order valence-corrected chi connectivity index (χ3v) is 4.84. The van der Waals surface area contributed by atoms with E-state index in [0.29, 0.717) is 17.7 Å². The van der Waals surface area contributed by atoms with Gasteiger partial charge in [-0.2, -0.15) is 0 Å². The molecule has 0 bridgehead atoms. The van der Waals surface area contributed by atoms with Gasteiger partial charge < -0.3 is 19.2 Å². The highest BCUT2D eigenvalue weighted by Gasteiger charge is 2.14. The van der Waals surface area contributed by atoms with Gasteiger partial charge in [-0.25, -0.2) is 9.59 Å². The second-order valence-electron chi connectivity index (χ2n) is 6.45. The Morgan fingerprint density at radius 1 is 1.13 bits per heavy atom. The number of hydrogen-bond donors (Lipinski definition) is 1. The summed E-state index contributed by atoms with van der Waals surface area (Å²) < 4.78 is 16.6. The van der Waals surface area contributed by atoms with Crippen molar-refractivity contribution in [3.05, 3.63) is 69.0 Å². The van der Waals surface area contributed by atoms with Gasteiger partial charge in [0.1, 0.15) is 22.6 Å². The van der Waals surface area contributed by atoms with Crippen LogP contribution in [0.15, 0.2) is 62.2 Å². The summed E-state index contributed by atoms with van der Waals surface area (Å²) in [7, 11) is 0. The molecule has 0 spiro atoms. The number of fused-ring (bicyclic) bond motifs is 1. The predicted octanol–water partition coefficient (Wildman–Crippen LogP) is 4.07. The Labute approximate surface area is 181 Å². The topological polar surface area (TPSA) is 94.8 Å². The second-order valence-corrected chi connectivity index (χ2v) is 7.30. The summed E-state index contributed by atoms with van der Waals surface area (Å²) in [5.74, 6) is -0.367. The van der Waals surface area contributed by atoms with E-state index in [-0.39, 0.29) is 23.5 Å². The lowest BCUT2D eigenvalue weighted by molar-refractivity contribution is -0.136. The summed E-state index contributed by atoms with van der Waals surface area (Å²) in [5, 5.41) is 3.23. The molecule has 0 unspecified atom stereocenters. The molecule has 0 radical (unpaired) electrons. The highest BCUT2D eigenvalue weighted by molar-refractivity contribution is 9.10. The molecule has 0 saturated carbocycles. The first-order chi connectivity index (χ1) is 14.5. The maximum atomic E-state index is 12.2. The van der Waals surface area contributed by atoms with Crippen LogP contribution >= 0.6 is 15.9 Å². The average molecular weight is 474 g/mol. The van der Waals surface area contributed by atoms with Crippen LogP contribution in [0.4, 0.5) is 0 Å². The van der Waals surface area contributed by atoms with Gasteiger partial charge in [-0.1, -0.05) is 25.5 Å². The van der Waals surface area contributed by atoms with Crippen LogP contribution in [0.2, 0.25) is 0 Å². The quantitative estimate of drug-likeness (QED) is 0.229. The van der Waals surface area contributed by atoms with Crippen molar-refractivity contribution in [2.75, 3.05) is 13.2 Å². The standard InChI is InChI=1S/C22H20BrNO6/c1-2-3-10-24-21(26)16-11-14-8-9-15(12-19(14)30-22(16)27)29-20(25)13-28-18-7-5-4-6-17(18)23/h4-9,11-12H,2-3,10,13H2,1H3,(H,24,26). The Morgan fingerprint density at radius 3 is 2.70 bits per heavy atom. The first-order valence-electron chi connectivity index (χ1n) is 9.42.